The van der Waals surface area contributed by atoms with E-state index < -0.39 is 12.0 Å². The average Bonchev–Trinajstić information content (AvgIpc) is 2.31. The molecule has 0 saturated heterocycles. The fourth-order valence-electron chi connectivity index (χ4n) is 2.21. The molecule has 19 heavy (non-hydrogen) atoms. The molecule has 0 heterocycles. The number of alkyl halides is 3. The maximum absolute atomic E-state index is 12.1. The molecular weight excluding hydrogens is 261 g/mol. The summed E-state index contributed by atoms with van der Waals surface area (Å²) in [6.45, 7) is 0. The van der Waals surface area contributed by atoms with E-state index in [1.165, 1.54) is 18.2 Å². The first-order chi connectivity index (χ1) is 8.78. The molecule has 1 aromatic carbocycles. The molecule has 3 nitrogen and oxygen atoms in total. The van der Waals surface area contributed by atoms with E-state index in [9.17, 15) is 23.1 Å². The predicted molar refractivity (Wildman–Crippen MR) is 60.5 cm³/mol. The molecule has 2 rings (SSSR count). The Kier molecular flexibility index (Phi) is 3.54. The fourth-order valence-corrected chi connectivity index (χ4v) is 2.21. The van der Waals surface area contributed by atoms with Gasteiger partial charge >= 0.3 is 6.36 Å². The van der Waals surface area contributed by atoms with Crippen LogP contribution in [0.1, 0.15) is 31.2 Å². The number of rotatable bonds is 2. The van der Waals surface area contributed by atoms with Gasteiger partial charge in [-0.3, -0.25) is 4.79 Å². The molecule has 0 unspecified atom stereocenters. The number of carbonyl (C=O) groups excluding carboxylic acids is 1. The molecule has 1 saturated carbocycles. The smallest absolute Gasteiger partial charge is 0.406 e. The normalized spacial score (nSPS) is 19.3. The van der Waals surface area contributed by atoms with E-state index in [1.54, 1.807) is 6.07 Å². The van der Waals surface area contributed by atoms with Crippen LogP contribution in [0, 0.1) is 0 Å². The molecule has 0 bridgehead atoms. The second-order valence-electron chi connectivity index (χ2n) is 4.65. The summed E-state index contributed by atoms with van der Waals surface area (Å²) >= 11 is 0. The number of ether oxygens (including phenoxy) is 1. The third-order valence-electron chi connectivity index (χ3n) is 3.24. The molecule has 0 radical (unpaired) electrons. The molecule has 0 spiro atoms. The zero-order valence-corrected chi connectivity index (χ0v) is 10.0. The Bertz CT molecular complexity index is 472. The van der Waals surface area contributed by atoms with Crippen LogP contribution < -0.4 is 4.74 Å². The van der Waals surface area contributed by atoms with Gasteiger partial charge in [0.25, 0.3) is 0 Å². The maximum Gasteiger partial charge on any atom is 0.573 e. The summed E-state index contributed by atoms with van der Waals surface area (Å²) in [5.41, 5.74) is -0.902. The lowest BCUT2D eigenvalue weighted by Crippen LogP contribution is -2.31. The Morgan fingerprint density at radius 2 is 1.84 bits per heavy atom. The van der Waals surface area contributed by atoms with Crippen molar-refractivity contribution in [3.63, 3.8) is 0 Å². The molecule has 1 aromatic rings. The Labute approximate surface area is 108 Å². The minimum atomic E-state index is -4.76. The molecule has 1 N–H and O–H groups in total. The standard InChI is InChI=1S/C13H13F3O3/c14-13(15,16)19-11-3-1-2-9(8-11)12(18)6-4-10(17)5-7-12/h1-3,8,18H,4-7H2. The van der Waals surface area contributed by atoms with Crippen LogP contribution in [-0.4, -0.2) is 17.3 Å². The monoisotopic (exact) mass is 274 g/mol. The van der Waals surface area contributed by atoms with Gasteiger partial charge in [-0.2, -0.15) is 0 Å². The first kappa shape index (κ1) is 13.9. The lowest BCUT2D eigenvalue weighted by atomic mass is 9.79. The Hall–Kier alpha value is -1.56. The van der Waals surface area contributed by atoms with E-state index >= 15 is 0 Å². The van der Waals surface area contributed by atoms with Crippen molar-refractivity contribution in [2.45, 2.75) is 37.6 Å². The molecule has 104 valence electrons. The van der Waals surface area contributed by atoms with Gasteiger partial charge in [0.05, 0.1) is 5.60 Å². The van der Waals surface area contributed by atoms with E-state index in [4.69, 9.17) is 0 Å². The van der Waals surface area contributed by atoms with Crippen molar-refractivity contribution >= 4 is 5.78 Å². The van der Waals surface area contributed by atoms with Crippen LogP contribution in [0.3, 0.4) is 0 Å². The van der Waals surface area contributed by atoms with Gasteiger partial charge in [0.2, 0.25) is 0 Å². The maximum atomic E-state index is 12.1. The third kappa shape index (κ3) is 3.47. The van der Waals surface area contributed by atoms with Gasteiger partial charge in [-0.1, -0.05) is 12.1 Å². The number of carbonyl (C=O) groups is 1. The number of hydrogen-bond acceptors (Lipinski definition) is 3. The van der Waals surface area contributed by atoms with Gasteiger partial charge in [-0.05, 0) is 30.5 Å². The van der Waals surface area contributed by atoms with Crippen LogP contribution >= 0.6 is 0 Å². The second kappa shape index (κ2) is 4.85. The highest BCUT2D eigenvalue weighted by Crippen LogP contribution is 2.37. The van der Waals surface area contributed by atoms with Crippen LogP contribution in [0.5, 0.6) is 5.75 Å². The van der Waals surface area contributed by atoms with Gasteiger partial charge in [-0.25, -0.2) is 0 Å². The van der Waals surface area contributed by atoms with Crippen molar-refractivity contribution in [1.29, 1.82) is 0 Å². The van der Waals surface area contributed by atoms with Crippen molar-refractivity contribution in [2.75, 3.05) is 0 Å². The summed E-state index contributed by atoms with van der Waals surface area (Å²) in [5.74, 6) is -0.303. The van der Waals surface area contributed by atoms with E-state index in [-0.39, 0.29) is 37.2 Å². The first-order valence-electron chi connectivity index (χ1n) is 5.89. The highest BCUT2D eigenvalue weighted by Gasteiger charge is 2.35. The highest BCUT2D eigenvalue weighted by atomic mass is 19.4. The molecule has 0 aromatic heterocycles. The van der Waals surface area contributed by atoms with E-state index in [2.05, 4.69) is 4.74 Å². The summed E-state index contributed by atoms with van der Waals surface area (Å²) in [6.07, 6.45) is -3.84. The molecule has 1 aliphatic carbocycles. The van der Waals surface area contributed by atoms with Crippen molar-refractivity contribution < 1.29 is 27.8 Å². The average molecular weight is 274 g/mol. The van der Waals surface area contributed by atoms with Crippen molar-refractivity contribution in [3.8, 4) is 5.75 Å². The summed E-state index contributed by atoms with van der Waals surface area (Å²) in [4.78, 5) is 11.2. The van der Waals surface area contributed by atoms with Crippen LogP contribution in [0.4, 0.5) is 13.2 Å². The fraction of sp³-hybridized carbons (Fsp3) is 0.462. The van der Waals surface area contributed by atoms with Gasteiger partial charge in [0.15, 0.2) is 0 Å². The molecule has 6 heteroatoms. The van der Waals surface area contributed by atoms with Gasteiger partial charge in [-0.15, -0.1) is 13.2 Å². The summed E-state index contributed by atoms with van der Waals surface area (Å²) in [5, 5.41) is 10.4. The molecule has 1 fully saturated rings. The topological polar surface area (TPSA) is 46.5 Å². The van der Waals surface area contributed by atoms with Gasteiger partial charge < -0.3 is 9.84 Å². The van der Waals surface area contributed by atoms with E-state index in [0.717, 1.165) is 0 Å². The number of ketones is 1. The van der Waals surface area contributed by atoms with Crippen LogP contribution in [0.15, 0.2) is 24.3 Å². The van der Waals surface area contributed by atoms with Gasteiger partial charge in [0, 0.05) is 12.8 Å². The van der Waals surface area contributed by atoms with E-state index in [1.807, 2.05) is 0 Å². The molecule has 0 aliphatic heterocycles. The number of hydrogen-bond donors (Lipinski definition) is 1. The number of halogens is 3. The summed E-state index contributed by atoms with van der Waals surface area (Å²) < 4.78 is 40.2. The summed E-state index contributed by atoms with van der Waals surface area (Å²) in [6, 6.07) is 5.28. The first-order valence-corrected chi connectivity index (χ1v) is 5.89. The number of Topliss-reactive ketones (excluding diaryl/α,β-unsaturated/α-hetero) is 1. The highest BCUT2D eigenvalue weighted by molar-refractivity contribution is 5.79. The molecular formula is C13H13F3O3. The summed E-state index contributed by atoms with van der Waals surface area (Å²) in [7, 11) is 0. The Balaban J connectivity index is 2.21. The zero-order chi connectivity index (χ0) is 14.1. The van der Waals surface area contributed by atoms with Crippen LogP contribution in [-0.2, 0) is 10.4 Å². The predicted octanol–water partition coefficient (Wildman–Crippen LogP) is 2.92. The Morgan fingerprint density at radius 3 is 2.42 bits per heavy atom. The molecule has 1 aliphatic rings. The van der Waals surface area contributed by atoms with Gasteiger partial charge in [0.1, 0.15) is 11.5 Å². The largest absolute Gasteiger partial charge is 0.573 e. The second-order valence-corrected chi connectivity index (χ2v) is 4.65. The van der Waals surface area contributed by atoms with E-state index in [0.29, 0.717) is 5.56 Å². The molecule has 0 amide bonds. The minimum absolute atomic E-state index is 0.0624. The van der Waals surface area contributed by atoms with Crippen LogP contribution in [0.25, 0.3) is 0 Å². The van der Waals surface area contributed by atoms with Crippen molar-refractivity contribution in [2.24, 2.45) is 0 Å². The van der Waals surface area contributed by atoms with Crippen molar-refractivity contribution in [1.82, 2.24) is 0 Å². The molecule has 0 atom stereocenters. The van der Waals surface area contributed by atoms with Crippen molar-refractivity contribution in [3.05, 3.63) is 29.8 Å². The lowest BCUT2D eigenvalue weighted by Gasteiger charge is -2.32. The number of aliphatic hydroxyl groups is 1. The van der Waals surface area contributed by atoms with Crippen LogP contribution in [0.2, 0.25) is 0 Å². The quantitative estimate of drug-likeness (QED) is 0.902. The zero-order valence-electron chi connectivity index (χ0n) is 10.0. The lowest BCUT2D eigenvalue weighted by molar-refractivity contribution is -0.274. The minimum Gasteiger partial charge on any atom is -0.406 e. The third-order valence-corrected chi connectivity index (χ3v) is 3.24. The number of benzene rings is 1. The SMILES string of the molecule is O=C1CCC(O)(c2cccc(OC(F)(F)F)c2)CC1. The Morgan fingerprint density at radius 1 is 1.21 bits per heavy atom.